The molecule has 96 valence electrons. The summed E-state index contributed by atoms with van der Waals surface area (Å²) in [6, 6.07) is 2.91. The number of rotatable bonds is 6. The van der Waals surface area contributed by atoms with Crippen LogP contribution in [0.15, 0.2) is 15.9 Å². The second-order valence-corrected chi connectivity index (χ2v) is 7.06. The van der Waals surface area contributed by atoms with Crippen molar-refractivity contribution in [2.75, 3.05) is 7.05 Å². The number of likely N-dealkylation sites (N-methyl/N-ethyl adjacent to an activating group) is 1. The smallest absolute Gasteiger partial charge is 0.0285 e. The molecule has 0 radical (unpaired) electrons. The molecule has 1 aromatic rings. The van der Waals surface area contributed by atoms with Gasteiger partial charge in [-0.1, -0.05) is 25.7 Å². The quantitative estimate of drug-likeness (QED) is 0.808. The standard InChI is InChI=1S/C14H22BrNS/c1-16-13(7-6-11-4-2-3-5-11)9-14-8-12(15)10-17-14/h8,10-11,13,16H,2-7,9H2,1H3. The Balaban J connectivity index is 1.75. The first-order valence-electron chi connectivity index (χ1n) is 6.68. The van der Waals surface area contributed by atoms with Crippen LogP contribution in [0, 0.1) is 5.92 Å². The fourth-order valence-corrected chi connectivity index (χ4v) is 4.32. The summed E-state index contributed by atoms with van der Waals surface area (Å²) in [6.45, 7) is 0. The highest BCUT2D eigenvalue weighted by Crippen LogP contribution is 2.29. The molecule has 1 aliphatic carbocycles. The zero-order chi connectivity index (χ0) is 12.1. The van der Waals surface area contributed by atoms with Crippen molar-refractivity contribution in [3.05, 3.63) is 20.8 Å². The second-order valence-electron chi connectivity index (χ2n) is 5.15. The molecule has 0 aromatic carbocycles. The fraction of sp³-hybridized carbons (Fsp3) is 0.714. The maximum absolute atomic E-state index is 3.53. The Labute approximate surface area is 117 Å². The van der Waals surface area contributed by atoms with Crippen LogP contribution in [0.25, 0.3) is 0 Å². The van der Waals surface area contributed by atoms with Crippen LogP contribution in [-0.2, 0) is 6.42 Å². The molecular weight excluding hydrogens is 294 g/mol. The number of hydrogen-bond donors (Lipinski definition) is 1. The van der Waals surface area contributed by atoms with Crippen LogP contribution < -0.4 is 5.32 Å². The van der Waals surface area contributed by atoms with Crippen LogP contribution in [0.2, 0.25) is 0 Å². The molecule has 1 aromatic heterocycles. The minimum atomic E-state index is 0.654. The second kappa shape index (κ2) is 6.91. The van der Waals surface area contributed by atoms with Crippen molar-refractivity contribution in [1.82, 2.24) is 5.32 Å². The summed E-state index contributed by atoms with van der Waals surface area (Å²) < 4.78 is 1.23. The lowest BCUT2D eigenvalue weighted by atomic mass is 9.97. The minimum absolute atomic E-state index is 0.654. The van der Waals surface area contributed by atoms with Gasteiger partial charge in [0, 0.05) is 20.8 Å². The van der Waals surface area contributed by atoms with E-state index in [1.807, 2.05) is 11.3 Å². The van der Waals surface area contributed by atoms with Gasteiger partial charge < -0.3 is 5.32 Å². The van der Waals surface area contributed by atoms with Gasteiger partial charge in [0.05, 0.1) is 0 Å². The van der Waals surface area contributed by atoms with E-state index in [0.717, 1.165) is 5.92 Å². The Morgan fingerprint density at radius 3 is 2.82 bits per heavy atom. The van der Waals surface area contributed by atoms with E-state index in [1.54, 1.807) is 0 Å². The third-order valence-electron chi connectivity index (χ3n) is 3.88. The monoisotopic (exact) mass is 315 g/mol. The fourth-order valence-electron chi connectivity index (χ4n) is 2.79. The molecule has 3 heteroatoms. The maximum Gasteiger partial charge on any atom is 0.0285 e. The Bertz CT molecular complexity index is 331. The SMILES string of the molecule is CNC(CCC1CCCC1)Cc1cc(Br)cs1. The van der Waals surface area contributed by atoms with Crippen LogP contribution in [0.3, 0.4) is 0 Å². The van der Waals surface area contributed by atoms with Gasteiger partial charge in [-0.05, 0) is 54.2 Å². The zero-order valence-electron chi connectivity index (χ0n) is 10.5. The van der Waals surface area contributed by atoms with Crippen LogP contribution in [0.5, 0.6) is 0 Å². The molecule has 0 amide bonds. The van der Waals surface area contributed by atoms with Gasteiger partial charge in [-0.3, -0.25) is 0 Å². The van der Waals surface area contributed by atoms with Crippen LogP contribution in [-0.4, -0.2) is 13.1 Å². The summed E-state index contributed by atoms with van der Waals surface area (Å²) in [6.07, 6.45) is 9.80. The van der Waals surface area contributed by atoms with E-state index < -0.39 is 0 Å². The summed E-state index contributed by atoms with van der Waals surface area (Å²) in [5.41, 5.74) is 0. The minimum Gasteiger partial charge on any atom is -0.317 e. The van der Waals surface area contributed by atoms with Crippen molar-refractivity contribution >= 4 is 27.3 Å². The van der Waals surface area contributed by atoms with Crippen molar-refractivity contribution in [3.8, 4) is 0 Å². The highest BCUT2D eigenvalue weighted by Gasteiger charge is 2.17. The number of hydrogen-bond acceptors (Lipinski definition) is 2. The van der Waals surface area contributed by atoms with Crippen molar-refractivity contribution in [2.45, 2.75) is 51.0 Å². The normalized spacial score (nSPS) is 18.7. The molecule has 1 saturated carbocycles. The van der Waals surface area contributed by atoms with E-state index in [-0.39, 0.29) is 0 Å². The molecule has 1 atom stereocenters. The summed E-state index contributed by atoms with van der Waals surface area (Å²) in [4.78, 5) is 1.49. The van der Waals surface area contributed by atoms with Crippen LogP contribution in [0.1, 0.15) is 43.4 Å². The van der Waals surface area contributed by atoms with Gasteiger partial charge in [0.2, 0.25) is 0 Å². The molecule has 1 unspecified atom stereocenters. The molecule has 1 N–H and O–H groups in total. The summed E-state index contributed by atoms with van der Waals surface area (Å²) in [5, 5.41) is 5.65. The highest BCUT2D eigenvalue weighted by molar-refractivity contribution is 9.10. The molecule has 1 aliphatic rings. The molecule has 2 rings (SSSR count). The van der Waals surface area contributed by atoms with Crippen LogP contribution >= 0.6 is 27.3 Å². The van der Waals surface area contributed by atoms with E-state index >= 15 is 0 Å². The van der Waals surface area contributed by atoms with Crippen molar-refractivity contribution in [2.24, 2.45) is 5.92 Å². The summed E-state index contributed by atoms with van der Waals surface area (Å²) >= 11 is 5.39. The first kappa shape index (κ1) is 13.6. The van der Waals surface area contributed by atoms with Gasteiger partial charge in [0.15, 0.2) is 0 Å². The first-order valence-corrected chi connectivity index (χ1v) is 8.35. The third-order valence-corrected chi connectivity index (χ3v) is 5.60. The van der Waals surface area contributed by atoms with Gasteiger partial charge in [-0.25, -0.2) is 0 Å². The Morgan fingerprint density at radius 2 is 2.24 bits per heavy atom. The average molecular weight is 316 g/mol. The van der Waals surface area contributed by atoms with Gasteiger partial charge in [-0.2, -0.15) is 0 Å². The van der Waals surface area contributed by atoms with E-state index in [2.05, 4.69) is 39.7 Å². The molecule has 0 aliphatic heterocycles. The Hall–Kier alpha value is 0.140. The van der Waals surface area contributed by atoms with Gasteiger partial charge in [0.1, 0.15) is 0 Å². The summed E-state index contributed by atoms with van der Waals surface area (Å²) in [7, 11) is 2.10. The lowest BCUT2D eigenvalue weighted by Crippen LogP contribution is -2.27. The largest absolute Gasteiger partial charge is 0.317 e. The van der Waals surface area contributed by atoms with Gasteiger partial charge >= 0.3 is 0 Å². The number of halogens is 1. The van der Waals surface area contributed by atoms with Gasteiger partial charge in [0.25, 0.3) is 0 Å². The zero-order valence-corrected chi connectivity index (χ0v) is 12.9. The highest BCUT2D eigenvalue weighted by atomic mass is 79.9. The predicted molar refractivity (Wildman–Crippen MR) is 79.8 cm³/mol. The van der Waals surface area contributed by atoms with E-state index in [4.69, 9.17) is 0 Å². The van der Waals surface area contributed by atoms with Crippen molar-refractivity contribution in [1.29, 1.82) is 0 Å². The molecule has 1 fully saturated rings. The molecule has 0 bridgehead atoms. The van der Waals surface area contributed by atoms with Crippen molar-refractivity contribution < 1.29 is 0 Å². The van der Waals surface area contributed by atoms with E-state index in [0.29, 0.717) is 6.04 Å². The molecule has 17 heavy (non-hydrogen) atoms. The first-order chi connectivity index (χ1) is 8.28. The van der Waals surface area contributed by atoms with E-state index in [9.17, 15) is 0 Å². The number of nitrogens with one attached hydrogen (secondary N) is 1. The molecule has 1 heterocycles. The molecule has 1 nitrogen and oxygen atoms in total. The Morgan fingerprint density at radius 1 is 1.47 bits per heavy atom. The molecule has 0 saturated heterocycles. The summed E-state index contributed by atoms with van der Waals surface area (Å²) in [5.74, 6) is 1.01. The predicted octanol–water partition coefficient (Wildman–Crippen LogP) is 4.61. The lowest BCUT2D eigenvalue weighted by Gasteiger charge is -2.17. The van der Waals surface area contributed by atoms with E-state index in [1.165, 1.54) is 54.3 Å². The molecule has 0 spiro atoms. The molecular formula is C14H22BrNS. The average Bonchev–Trinajstić information content (AvgIpc) is 2.96. The maximum atomic E-state index is 3.53. The lowest BCUT2D eigenvalue weighted by molar-refractivity contribution is 0.419. The third kappa shape index (κ3) is 4.38. The topological polar surface area (TPSA) is 12.0 Å². The van der Waals surface area contributed by atoms with Crippen LogP contribution in [0.4, 0.5) is 0 Å². The van der Waals surface area contributed by atoms with Crippen molar-refractivity contribution in [3.63, 3.8) is 0 Å². The Kier molecular flexibility index (Phi) is 5.51. The van der Waals surface area contributed by atoms with Gasteiger partial charge in [-0.15, -0.1) is 11.3 Å². The number of thiophene rings is 1.